The Labute approximate surface area is 132 Å². The van der Waals surface area contributed by atoms with Gasteiger partial charge in [-0.05, 0) is 24.3 Å². The number of carbonyl (C=O) groups excluding carboxylic acids is 1. The molecule has 0 aliphatic carbocycles. The highest BCUT2D eigenvalue weighted by Crippen LogP contribution is 2.20. The number of anilines is 3. The minimum atomic E-state index is -0.470. The Kier molecular flexibility index (Phi) is 4.19. The third-order valence-electron chi connectivity index (χ3n) is 2.97. The highest BCUT2D eigenvalue weighted by molar-refractivity contribution is 6.00. The van der Waals surface area contributed by atoms with Crippen LogP contribution in [0, 0.1) is 0 Å². The second kappa shape index (κ2) is 6.61. The summed E-state index contributed by atoms with van der Waals surface area (Å²) in [5, 5.41) is 13.1. The lowest BCUT2D eigenvalue weighted by molar-refractivity contribution is 0.0991. The fourth-order valence-electron chi connectivity index (χ4n) is 1.90. The molecule has 7 nitrogen and oxygen atoms in total. The fourth-order valence-corrected chi connectivity index (χ4v) is 1.90. The van der Waals surface area contributed by atoms with E-state index in [9.17, 15) is 4.79 Å². The molecule has 23 heavy (non-hydrogen) atoms. The molecule has 0 aliphatic rings. The number of rotatable bonds is 5. The van der Waals surface area contributed by atoms with Crippen molar-refractivity contribution in [1.29, 1.82) is 0 Å². The van der Waals surface area contributed by atoms with Gasteiger partial charge in [0, 0.05) is 17.4 Å². The van der Waals surface area contributed by atoms with Gasteiger partial charge in [0.2, 0.25) is 0 Å². The van der Waals surface area contributed by atoms with Gasteiger partial charge in [0.15, 0.2) is 0 Å². The fraction of sp³-hybridized carbons (Fsp3) is 0.0625. The Morgan fingerprint density at radius 2 is 1.83 bits per heavy atom. The summed E-state index contributed by atoms with van der Waals surface area (Å²) in [5.74, 6) is 0.0956. The van der Waals surface area contributed by atoms with Crippen LogP contribution in [0.2, 0.25) is 0 Å². The van der Waals surface area contributed by atoms with E-state index in [0.29, 0.717) is 17.1 Å². The summed E-state index contributed by atoms with van der Waals surface area (Å²) < 4.78 is 10.4. The highest BCUT2D eigenvalue weighted by Gasteiger charge is 2.15. The lowest BCUT2D eigenvalue weighted by Gasteiger charge is -2.03. The molecule has 1 aromatic heterocycles. The molecule has 2 aromatic carbocycles. The first-order chi connectivity index (χ1) is 11.2. The Morgan fingerprint density at radius 1 is 1.04 bits per heavy atom. The third kappa shape index (κ3) is 3.65. The first-order valence-electron chi connectivity index (χ1n) is 6.85. The Balaban J connectivity index is 1.69. The van der Waals surface area contributed by atoms with Crippen LogP contribution in [0.5, 0.6) is 5.75 Å². The smallest absolute Gasteiger partial charge is 0.320 e. The largest absolute Gasteiger partial charge is 0.497 e. The predicted octanol–water partition coefficient (Wildman–Crippen LogP) is 3.07. The highest BCUT2D eigenvalue weighted by atomic mass is 16.5. The van der Waals surface area contributed by atoms with E-state index < -0.39 is 5.91 Å². The second-order valence-corrected chi connectivity index (χ2v) is 4.59. The topological polar surface area (TPSA) is 89.3 Å². The lowest BCUT2D eigenvalue weighted by atomic mass is 10.3. The second-order valence-electron chi connectivity index (χ2n) is 4.59. The van der Waals surface area contributed by atoms with Gasteiger partial charge < -0.3 is 19.8 Å². The van der Waals surface area contributed by atoms with Gasteiger partial charge in [-0.3, -0.25) is 4.79 Å². The maximum atomic E-state index is 12.0. The Bertz CT molecular complexity index is 802. The van der Waals surface area contributed by atoms with Gasteiger partial charge in [0.05, 0.1) is 7.11 Å². The van der Waals surface area contributed by atoms with Crippen LogP contribution in [0.25, 0.3) is 0 Å². The van der Waals surface area contributed by atoms with Crippen molar-refractivity contribution in [2.75, 3.05) is 17.7 Å². The van der Waals surface area contributed by atoms with E-state index >= 15 is 0 Å². The molecular weight excluding hydrogens is 296 g/mol. The van der Waals surface area contributed by atoms with E-state index in [0.717, 1.165) is 0 Å². The molecule has 0 bridgehead atoms. The van der Waals surface area contributed by atoms with Crippen molar-refractivity contribution >= 4 is 23.3 Å². The standard InChI is InChI=1S/C16H14N4O3/c1-22-13-9-5-8-12(10-13)18-16-20-19-15(23-16)14(21)17-11-6-3-2-4-7-11/h2-10H,1H3,(H,17,21)(H,18,20). The van der Waals surface area contributed by atoms with Crippen LogP contribution in [-0.4, -0.2) is 23.2 Å². The van der Waals surface area contributed by atoms with Crippen LogP contribution in [0.1, 0.15) is 10.7 Å². The van der Waals surface area contributed by atoms with Crippen molar-refractivity contribution in [2.24, 2.45) is 0 Å². The van der Waals surface area contributed by atoms with E-state index in [4.69, 9.17) is 9.15 Å². The first-order valence-corrected chi connectivity index (χ1v) is 6.85. The maximum absolute atomic E-state index is 12.0. The number of para-hydroxylation sites is 1. The molecule has 7 heteroatoms. The zero-order chi connectivity index (χ0) is 16.1. The van der Waals surface area contributed by atoms with Crippen LogP contribution < -0.4 is 15.4 Å². The molecule has 2 N–H and O–H groups in total. The van der Waals surface area contributed by atoms with E-state index in [1.165, 1.54) is 0 Å². The molecule has 0 spiro atoms. The van der Waals surface area contributed by atoms with Crippen molar-refractivity contribution in [3.63, 3.8) is 0 Å². The third-order valence-corrected chi connectivity index (χ3v) is 2.97. The van der Waals surface area contributed by atoms with Crippen molar-refractivity contribution < 1.29 is 13.9 Å². The lowest BCUT2D eigenvalue weighted by Crippen LogP contribution is -2.12. The molecule has 0 atom stereocenters. The molecule has 0 saturated carbocycles. The van der Waals surface area contributed by atoms with Crippen molar-refractivity contribution in [2.45, 2.75) is 0 Å². The molecule has 0 aliphatic heterocycles. The van der Waals surface area contributed by atoms with Gasteiger partial charge in [-0.2, -0.15) is 0 Å². The summed E-state index contributed by atoms with van der Waals surface area (Å²) in [6, 6.07) is 16.4. The van der Waals surface area contributed by atoms with Gasteiger partial charge in [-0.25, -0.2) is 0 Å². The van der Waals surface area contributed by atoms with Crippen LogP contribution in [0.3, 0.4) is 0 Å². The number of benzene rings is 2. The molecule has 0 fully saturated rings. The average molecular weight is 310 g/mol. The molecular formula is C16H14N4O3. The molecule has 1 amide bonds. The van der Waals surface area contributed by atoms with Crippen LogP contribution >= 0.6 is 0 Å². The monoisotopic (exact) mass is 310 g/mol. The summed E-state index contributed by atoms with van der Waals surface area (Å²) in [4.78, 5) is 12.0. The van der Waals surface area contributed by atoms with E-state index in [1.54, 1.807) is 25.3 Å². The molecule has 1 heterocycles. The van der Waals surface area contributed by atoms with Crippen molar-refractivity contribution in [1.82, 2.24) is 10.2 Å². The zero-order valence-corrected chi connectivity index (χ0v) is 12.3. The number of hydrogen-bond donors (Lipinski definition) is 2. The average Bonchev–Trinajstić information content (AvgIpc) is 3.04. The quantitative estimate of drug-likeness (QED) is 0.753. The molecule has 116 valence electrons. The summed E-state index contributed by atoms with van der Waals surface area (Å²) in [6.07, 6.45) is 0. The van der Waals surface area contributed by atoms with Crippen LogP contribution in [-0.2, 0) is 0 Å². The Morgan fingerprint density at radius 3 is 2.61 bits per heavy atom. The predicted molar refractivity (Wildman–Crippen MR) is 85.0 cm³/mol. The molecule has 0 radical (unpaired) electrons. The van der Waals surface area contributed by atoms with Gasteiger partial charge >= 0.3 is 17.8 Å². The normalized spacial score (nSPS) is 10.1. The van der Waals surface area contributed by atoms with Gasteiger partial charge in [0.25, 0.3) is 0 Å². The Hall–Kier alpha value is -3.35. The van der Waals surface area contributed by atoms with Crippen LogP contribution in [0.15, 0.2) is 59.0 Å². The summed E-state index contributed by atoms with van der Waals surface area (Å²) >= 11 is 0. The number of ether oxygens (including phenoxy) is 1. The molecule has 3 rings (SSSR count). The first kappa shape index (κ1) is 14.6. The number of methoxy groups -OCH3 is 1. The molecule has 0 unspecified atom stereocenters. The number of amides is 1. The van der Waals surface area contributed by atoms with Crippen molar-refractivity contribution in [3.8, 4) is 5.75 Å². The van der Waals surface area contributed by atoms with Gasteiger partial charge in [-0.15, -0.1) is 5.10 Å². The number of hydrogen-bond acceptors (Lipinski definition) is 6. The number of nitrogens with zero attached hydrogens (tertiary/aromatic N) is 2. The van der Waals surface area contributed by atoms with E-state index in [2.05, 4.69) is 20.8 Å². The maximum Gasteiger partial charge on any atom is 0.320 e. The van der Waals surface area contributed by atoms with Gasteiger partial charge in [-0.1, -0.05) is 29.4 Å². The van der Waals surface area contributed by atoms with Crippen LogP contribution in [0.4, 0.5) is 17.4 Å². The van der Waals surface area contributed by atoms with E-state index in [1.807, 2.05) is 36.4 Å². The summed E-state index contributed by atoms with van der Waals surface area (Å²) in [5.41, 5.74) is 1.36. The minimum Gasteiger partial charge on any atom is -0.497 e. The number of carbonyl (C=O) groups is 1. The van der Waals surface area contributed by atoms with E-state index in [-0.39, 0.29) is 11.9 Å². The SMILES string of the molecule is COc1cccc(Nc2nnc(C(=O)Nc3ccccc3)o2)c1. The molecule has 3 aromatic rings. The summed E-state index contributed by atoms with van der Waals surface area (Å²) in [7, 11) is 1.58. The van der Waals surface area contributed by atoms with Gasteiger partial charge in [0.1, 0.15) is 5.75 Å². The number of nitrogens with one attached hydrogen (secondary N) is 2. The zero-order valence-electron chi connectivity index (χ0n) is 12.3. The number of aromatic nitrogens is 2. The minimum absolute atomic E-state index is 0.122. The molecule has 0 saturated heterocycles. The van der Waals surface area contributed by atoms with Crippen molar-refractivity contribution in [3.05, 3.63) is 60.5 Å². The summed E-state index contributed by atoms with van der Waals surface area (Å²) in [6.45, 7) is 0.